The van der Waals surface area contributed by atoms with Crippen LogP contribution in [-0.4, -0.2) is 25.7 Å². The first kappa shape index (κ1) is 18.7. The fourth-order valence-corrected chi connectivity index (χ4v) is 3.03. The van der Waals surface area contributed by atoms with Crippen molar-refractivity contribution in [2.24, 2.45) is 0 Å². The number of para-hydroxylation sites is 1. The van der Waals surface area contributed by atoms with Crippen LogP contribution in [0.3, 0.4) is 0 Å². The minimum absolute atomic E-state index is 0.301. The maximum absolute atomic E-state index is 12.5. The number of fused-ring (bicyclic) bond motifs is 1. The van der Waals surface area contributed by atoms with E-state index in [4.69, 9.17) is 4.74 Å². The highest BCUT2D eigenvalue weighted by Crippen LogP contribution is 2.35. The van der Waals surface area contributed by atoms with Crippen LogP contribution in [0.2, 0.25) is 0 Å². The van der Waals surface area contributed by atoms with Gasteiger partial charge in [0.2, 0.25) is 0 Å². The lowest BCUT2D eigenvalue weighted by Crippen LogP contribution is -2.30. The Morgan fingerprint density at radius 2 is 2.20 bits per heavy atom. The van der Waals surface area contributed by atoms with E-state index in [0.717, 1.165) is 37.2 Å². The van der Waals surface area contributed by atoms with Crippen LogP contribution in [0.25, 0.3) is 5.57 Å². The van der Waals surface area contributed by atoms with E-state index in [1.807, 2.05) is 18.2 Å². The van der Waals surface area contributed by atoms with Gasteiger partial charge in [0.05, 0.1) is 18.5 Å². The number of halogens is 1. The third-order valence-corrected chi connectivity index (χ3v) is 4.00. The summed E-state index contributed by atoms with van der Waals surface area (Å²) in [4.78, 5) is 14.7. The van der Waals surface area contributed by atoms with Gasteiger partial charge in [-0.2, -0.15) is 0 Å². The van der Waals surface area contributed by atoms with Crippen LogP contribution in [0, 0.1) is 0 Å². The molecule has 0 spiro atoms. The molecule has 1 aliphatic rings. The van der Waals surface area contributed by atoms with Gasteiger partial charge in [-0.1, -0.05) is 36.4 Å². The average Bonchev–Trinajstić information content (AvgIpc) is 2.62. The van der Waals surface area contributed by atoms with Gasteiger partial charge in [-0.15, -0.1) is 6.58 Å². The molecule has 0 aliphatic carbocycles. The van der Waals surface area contributed by atoms with Crippen LogP contribution >= 0.6 is 0 Å². The molecule has 0 saturated carbocycles. The fourth-order valence-electron chi connectivity index (χ4n) is 3.03. The Morgan fingerprint density at radius 1 is 1.36 bits per heavy atom. The van der Waals surface area contributed by atoms with E-state index in [1.165, 1.54) is 17.7 Å². The first-order chi connectivity index (χ1) is 12.2. The van der Waals surface area contributed by atoms with Crippen LogP contribution in [0.15, 0.2) is 61.5 Å². The highest BCUT2D eigenvalue weighted by Gasteiger charge is 2.24. The monoisotopic (exact) mass is 341 g/mol. The Morgan fingerprint density at radius 3 is 2.92 bits per heavy atom. The molecule has 132 valence electrons. The summed E-state index contributed by atoms with van der Waals surface area (Å²) in [6.45, 7) is 7.56. The maximum atomic E-state index is 12.5. The molecule has 3 nitrogen and oxygen atoms in total. The van der Waals surface area contributed by atoms with Crippen molar-refractivity contribution in [1.29, 1.82) is 0 Å². The summed E-state index contributed by atoms with van der Waals surface area (Å²) in [5.74, 6) is -0.381. The largest absolute Gasteiger partial charge is 0.462 e. The number of aryl methyl sites for hydroxylation is 1. The van der Waals surface area contributed by atoms with Crippen molar-refractivity contribution in [3.63, 3.8) is 0 Å². The molecule has 0 saturated heterocycles. The van der Waals surface area contributed by atoms with Crippen molar-refractivity contribution in [2.75, 3.05) is 24.6 Å². The highest BCUT2D eigenvalue weighted by molar-refractivity contribution is 6.18. The molecule has 1 aromatic carbocycles. The molecular formula is C21H24FNO2. The molecule has 0 aromatic heterocycles. The molecule has 0 N–H and O–H groups in total. The summed E-state index contributed by atoms with van der Waals surface area (Å²) < 4.78 is 17.4. The van der Waals surface area contributed by atoms with Crippen LogP contribution in [-0.2, 0) is 16.0 Å². The Bertz CT molecular complexity index is 704. The molecule has 0 unspecified atom stereocenters. The molecule has 1 heterocycles. The molecule has 2 rings (SSSR count). The Balaban J connectivity index is 2.53. The van der Waals surface area contributed by atoms with Crippen molar-refractivity contribution >= 4 is 17.2 Å². The molecule has 0 radical (unpaired) electrons. The van der Waals surface area contributed by atoms with E-state index in [0.29, 0.717) is 18.5 Å². The molecule has 0 fully saturated rings. The first-order valence-corrected chi connectivity index (χ1v) is 8.51. The van der Waals surface area contributed by atoms with Crippen molar-refractivity contribution < 1.29 is 13.9 Å². The van der Waals surface area contributed by atoms with Gasteiger partial charge in [0.1, 0.15) is 0 Å². The SMILES string of the molecule is C=CCN1CCCc2cccc(C(=CC=CC=CF)C(=O)OCC)c21. The lowest BCUT2D eigenvalue weighted by atomic mass is 9.93. The van der Waals surface area contributed by atoms with Gasteiger partial charge in [-0.05, 0) is 37.5 Å². The summed E-state index contributed by atoms with van der Waals surface area (Å²) >= 11 is 0. The number of esters is 1. The molecular weight excluding hydrogens is 317 g/mol. The van der Waals surface area contributed by atoms with E-state index in [-0.39, 0.29) is 5.97 Å². The second kappa shape index (κ2) is 9.62. The van der Waals surface area contributed by atoms with E-state index >= 15 is 0 Å². The van der Waals surface area contributed by atoms with Crippen molar-refractivity contribution in [3.8, 4) is 0 Å². The highest BCUT2D eigenvalue weighted by atomic mass is 19.1. The zero-order valence-corrected chi connectivity index (χ0v) is 14.6. The van der Waals surface area contributed by atoms with E-state index in [9.17, 15) is 9.18 Å². The Labute approximate surface area is 148 Å². The number of allylic oxidation sites excluding steroid dienone is 4. The van der Waals surface area contributed by atoms with E-state index in [1.54, 1.807) is 19.1 Å². The zero-order valence-electron chi connectivity index (χ0n) is 14.6. The van der Waals surface area contributed by atoms with Crippen LogP contribution in [0.5, 0.6) is 0 Å². The summed E-state index contributed by atoms with van der Waals surface area (Å²) in [5, 5.41) is 0. The minimum atomic E-state index is -0.381. The minimum Gasteiger partial charge on any atom is -0.462 e. The lowest BCUT2D eigenvalue weighted by Gasteiger charge is -2.32. The Kier molecular flexibility index (Phi) is 7.20. The number of rotatable bonds is 7. The van der Waals surface area contributed by atoms with Crippen LogP contribution in [0.1, 0.15) is 24.5 Å². The second-order valence-electron chi connectivity index (χ2n) is 5.66. The second-order valence-corrected chi connectivity index (χ2v) is 5.66. The summed E-state index contributed by atoms with van der Waals surface area (Å²) in [6, 6.07) is 5.99. The molecule has 0 atom stereocenters. The number of ether oxygens (including phenoxy) is 1. The number of carbonyl (C=O) groups excluding carboxylic acids is 1. The molecule has 25 heavy (non-hydrogen) atoms. The standard InChI is InChI=1S/C21H24FNO2/c1-3-15-23-16-9-11-17-10-8-13-18(20(17)23)19(21(24)25-4-2)12-6-5-7-14-22/h3,5-8,10,12-14H,1,4,9,11,15-16H2,2H3. The van der Waals surface area contributed by atoms with E-state index in [2.05, 4.69) is 17.5 Å². The normalized spacial score (nSPS) is 14.8. The lowest BCUT2D eigenvalue weighted by molar-refractivity contribution is -0.136. The number of hydrogen-bond acceptors (Lipinski definition) is 3. The predicted octanol–water partition coefficient (Wildman–Crippen LogP) is 4.61. The summed E-state index contributed by atoms with van der Waals surface area (Å²) in [6.07, 6.45) is 10.5. The molecule has 4 heteroatoms. The summed E-state index contributed by atoms with van der Waals surface area (Å²) in [5.41, 5.74) is 3.58. The first-order valence-electron chi connectivity index (χ1n) is 8.51. The van der Waals surface area contributed by atoms with Gasteiger partial charge in [-0.3, -0.25) is 0 Å². The number of nitrogens with zero attached hydrogens (tertiary/aromatic N) is 1. The predicted molar refractivity (Wildman–Crippen MR) is 101 cm³/mol. The van der Waals surface area contributed by atoms with Gasteiger partial charge in [0, 0.05) is 24.3 Å². The van der Waals surface area contributed by atoms with Gasteiger partial charge >= 0.3 is 5.97 Å². The molecule has 0 amide bonds. The smallest absolute Gasteiger partial charge is 0.338 e. The summed E-state index contributed by atoms with van der Waals surface area (Å²) in [7, 11) is 0. The van der Waals surface area contributed by atoms with Crippen LogP contribution < -0.4 is 4.90 Å². The number of hydrogen-bond donors (Lipinski definition) is 0. The molecule has 1 aliphatic heterocycles. The maximum Gasteiger partial charge on any atom is 0.338 e. The quantitative estimate of drug-likeness (QED) is 0.314. The average molecular weight is 341 g/mol. The van der Waals surface area contributed by atoms with Gasteiger partial charge in [0.25, 0.3) is 0 Å². The Hall–Kier alpha value is -2.62. The fraction of sp³-hybridized carbons (Fsp3) is 0.286. The molecule has 0 bridgehead atoms. The third-order valence-electron chi connectivity index (χ3n) is 4.00. The zero-order chi connectivity index (χ0) is 18.1. The van der Waals surface area contributed by atoms with Crippen molar-refractivity contribution in [2.45, 2.75) is 19.8 Å². The number of anilines is 1. The van der Waals surface area contributed by atoms with Crippen LogP contribution in [0.4, 0.5) is 10.1 Å². The van der Waals surface area contributed by atoms with Crippen molar-refractivity contribution in [1.82, 2.24) is 0 Å². The third kappa shape index (κ3) is 4.69. The number of benzene rings is 1. The topological polar surface area (TPSA) is 29.5 Å². The van der Waals surface area contributed by atoms with Gasteiger partial charge in [0.15, 0.2) is 0 Å². The van der Waals surface area contributed by atoms with Gasteiger partial charge < -0.3 is 9.64 Å². The number of carbonyl (C=O) groups is 1. The van der Waals surface area contributed by atoms with E-state index < -0.39 is 0 Å². The van der Waals surface area contributed by atoms with Gasteiger partial charge in [-0.25, -0.2) is 9.18 Å². The molecule has 1 aromatic rings. The van der Waals surface area contributed by atoms with Crippen molar-refractivity contribution in [3.05, 3.63) is 72.6 Å².